The summed E-state index contributed by atoms with van der Waals surface area (Å²) in [5, 5.41) is 11.6. The quantitative estimate of drug-likeness (QED) is 0.799. The highest BCUT2D eigenvalue weighted by Gasteiger charge is 2.54. The van der Waals surface area contributed by atoms with Crippen molar-refractivity contribution in [2.45, 2.75) is 43.7 Å². The van der Waals surface area contributed by atoms with E-state index < -0.39 is 11.5 Å². The average molecular weight is 326 g/mol. The number of aromatic nitrogens is 2. The van der Waals surface area contributed by atoms with E-state index in [1.807, 2.05) is 16.9 Å². The van der Waals surface area contributed by atoms with Crippen LogP contribution in [0.25, 0.3) is 11.0 Å². The Morgan fingerprint density at radius 1 is 1.33 bits per heavy atom. The van der Waals surface area contributed by atoms with Crippen molar-refractivity contribution >= 4 is 16.9 Å². The molecule has 0 spiro atoms. The fourth-order valence-electron chi connectivity index (χ4n) is 5.62. The van der Waals surface area contributed by atoms with Gasteiger partial charge in [0.1, 0.15) is 0 Å². The molecule has 4 bridgehead atoms. The van der Waals surface area contributed by atoms with Crippen LogP contribution >= 0.6 is 0 Å². The third-order valence-electron chi connectivity index (χ3n) is 6.34. The fourth-order valence-corrected chi connectivity index (χ4v) is 5.62. The minimum absolute atomic E-state index is 0.384. The van der Waals surface area contributed by atoms with Gasteiger partial charge in [0.25, 0.3) is 0 Å². The van der Waals surface area contributed by atoms with E-state index in [0.717, 1.165) is 30.3 Å². The molecule has 4 aliphatic rings. The molecule has 4 aliphatic carbocycles. The van der Waals surface area contributed by atoms with Gasteiger partial charge in [0, 0.05) is 23.8 Å². The lowest BCUT2D eigenvalue weighted by atomic mass is 9.52. The van der Waals surface area contributed by atoms with Gasteiger partial charge >= 0.3 is 0 Å². The molecule has 0 saturated heterocycles. The van der Waals surface area contributed by atoms with E-state index in [-0.39, 0.29) is 0 Å². The lowest BCUT2D eigenvalue weighted by Crippen LogP contribution is -2.60. The summed E-state index contributed by atoms with van der Waals surface area (Å²) in [6.45, 7) is 0. The number of nitrogens with one attached hydrogen (secondary N) is 1. The molecule has 0 aliphatic heterocycles. The van der Waals surface area contributed by atoms with Crippen LogP contribution in [0.2, 0.25) is 0 Å². The molecule has 0 radical (unpaired) electrons. The minimum Gasteiger partial charge on any atom is -0.390 e. The van der Waals surface area contributed by atoms with Gasteiger partial charge < -0.3 is 16.3 Å². The van der Waals surface area contributed by atoms with E-state index in [1.54, 1.807) is 6.07 Å². The zero-order chi connectivity index (χ0) is 16.5. The summed E-state index contributed by atoms with van der Waals surface area (Å²) in [5.74, 6) is 1.30. The van der Waals surface area contributed by atoms with Crippen molar-refractivity contribution in [2.24, 2.45) is 23.5 Å². The lowest BCUT2D eigenvalue weighted by Gasteiger charge is -2.58. The topological polar surface area (TPSA) is 93.2 Å². The maximum Gasteiger partial charge on any atom is 0.250 e. The number of fused-ring (bicyclic) bond motifs is 1. The number of pyridine rings is 1. The van der Waals surface area contributed by atoms with Gasteiger partial charge in [-0.2, -0.15) is 0 Å². The number of rotatable bonds is 3. The van der Waals surface area contributed by atoms with Crippen molar-refractivity contribution in [3.05, 3.63) is 30.1 Å². The number of hydrogen-bond acceptors (Lipinski definition) is 4. The standard InChI is InChI=1S/C18H22N4O2/c19-16(23)14-5-11-1-2-22(17(11)20-9-14)21-15-12-3-10-4-13(15)8-18(24,6-10)7-12/h1-2,5,9-10,12-13,15,21,24H,3-4,6-8H2,(H2,19,23)/t10?,12-,13+,15?,18?. The normalized spacial score (nSPS) is 37.0. The zero-order valence-corrected chi connectivity index (χ0v) is 13.5. The smallest absolute Gasteiger partial charge is 0.250 e. The maximum atomic E-state index is 11.3. The molecule has 5 atom stereocenters. The summed E-state index contributed by atoms with van der Waals surface area (Å²) in [4.78, 5) is 15.7. The molecule has 0 aromatic carbocycles. The number of primary amides is 1. The van der Waals surface area contributed by atoms with Crippen molar-refractivity contribution in [3.63, 3.8) is 0 Å². The predicted molar refractivity (Wildman–Crippen MR) is 89.9 cm³/mol. The van der Waals surface area contributed by atoms with Gasteiger partial charge in [0.15, 0.2) is 5.65 Å². The molecule has 2 heterocycles. The Hall–Kier alpha value is -2.08. The summed E-state index contributed by atoms with van der Waals surface area (Å²) in [6.07, 6.45) is 8.75. The van der Waals surface area contributed by atoms with E-state index in [0.29, 0.717) is 29.4 Å². The molecule has 4 N–H and O–H groups in total. The highest BCUT2D eigenvalue weighted by molar-refractivity contribution is 5.95. The summed E-state index contributed by atoms with van der Waals surface area (Å²) >= 11 is 0. The van der Waals surface area contributed by atoms with Gasteiger partial charge in [-0.25, -0.2) is 9.66 Å². The molecule has 1 amide bonds. The highest BCUT2D eigenvalue weighted by Crippen LogP contribution is 2.55. The molecule has 6 nitrogen and oxygen atoms in total. The van der Waals surface area contributed by atoms with Crippen molar-refractivity contribution < 1.29 is 9.90 Å². The number of amides is 1. The van der Waals surface area contributed by atoms with E-state index >= 15 is 0 Å². The first kappa shape index (κ1) is 14.3. The van der Waals surface area contributed by atoms with E-state index in [4.69, 9.17) is 5.73 Å². The molecule has 4 saturated carbocycles. The Morgan fingerprint density at radius 2 is 2.08 bits per heavy atom. The zero-order valence-electron chi connectivity index (χ0n) is 13.5. The Morgan fingerprint density at radius 3 is 2.75 bits per heavy atom. The number of nitrogens with zero attached hydrogens (tertiary/aromatic N) is 2. The van der Waals surface area contributed by atoms with E-state index in [1.165, 1.54) is 19.0 Å². The van der Waals surface area contributed by atoms with Crippen molar-refractivity contribution in [3.8, 4) is 0 Å². The second kappa shape index (κ2) is 4.72. The molecular formula is C18H22N4O2. The van der Waals surface area contributed by atoms with Crippen molar-refractivity contribution in [2.75, 3.05) is 5.43 Å². The Balaban J connectivity index is 1.44. The average Bonchev–Trinajstić information content (AvgIpc) is 2.91. The van der Waals surface area contributed by atoms with Crippen LogP contribution in [-0.2, 0) is 0 Å². The third-order valence-corrected chi connectivity index (χ3v) is 6.34. The minimum atomic E-state index is -0.459. The number of aliphatic hydroxyl groups is 1. The van der Waals surface area contributed by atoms with Crippen molar-refractivity contribution in [1.29, 1.82) is 0 Å². The number of carbonyl (C=O) groups excluding carboxylic acids is 1. The molecule has 24 heavy (non-hydrogen) atoms. The summed E-state index contributed by atoms with van der Waals surface area (Å²) in [7, 11) is 0. The third kappa shape index (κ3) is 2.05. The molecule has 3 unspecified atom stereocenters. The molecule has 2 aromatic rings. The van der Waals surface area contributed by atoms with Gasteiger partial charge in [-0.3, -0.25) is 4.79 Å². The number of hydrogen-bond donors (Lipinski definition) is 3. The molecule has 6 rings (SSSR count). The Kier molecular flexibility index (Phi) is 2.81. The van der Waals surface area contributed by atoms with E-state index in [2.05, 4.69) is 10.4 Å². The largest absolute Gasteiger partial charge is 0.390 e. The van der Waals surface area contributed by atoms with Gasteiger partial charge in [-0.15, -0.1) is 0 Å². The van der Waals surface area contributed by atoms with Gasteiger partial charge in [-0.05, 0) is 62.0 Å². The monoisotopic (exact) mass is 326 g/mol. The summed E-state index contributed by atoms with van der Waals surface area (Å²) in [5.41, 5.74) is 9.79. The highest BCUT2D eigenvalue weighted by atomic mass is 16.3. The van der Waals surface area contributed by atoms with Crippen LogP contribution in [0.3, 0.4) is 0 Å². The van der Waals surface area contributed by atoms with Gasteiger partial charge in [0.05, 0.1) is 11.2 Å². The number of carbonyl (C=O) groups is 1. The van der Waals surface area contributed by atoms with E-state index in [9.17, 15) is 9.90 Å². The summed E-state index contributed by atoms with van der Waals surface area (Å²) in [6, 6.07) is 4.11. The van der Waals surface area contributed by atoms with Crippen LogP contribution in [0.5, 0.6) is 0 Å². The van der Waals surface area contributed by atoms with Crippen LogP contribution < -0.4 is 11.2 Å². The second-order valence-corrected chi connectivity index (χ2v) is 8.04. The molecule has 126 valence electrons. The van der Waals surface area contributed by atoms with Crippen LogP contribution in [0.4, 0.5) is 0 Å². The molecule has 4 fully saturated rings. The fraction of sp³-hybridized carbons (Fsp3) is 0.556. The molecule has 6 heteroatoms. The molecular weight excluding hydrogens is 304 g/mol. The van der Waals surface area contributed by atoms with Gasteiger partial charge in [0.2, 0.25) is 5.91 Å². The summed E-state index contributed by atoms with van der Waals surface area (Å²) < 4.78 is 1.97. The maximum absolute atomic E-state index is 11.3. The van der Waals surface area contributed by atoms with Crippen molar-refractivity contribution in [1.82, 2.24) is 9.66 Å². The first-order valence-electron chi connectivity index (χ1n) is 8.77. The van der Waals surface area contributed by atoms with Crippen LogP contribution in [-0.4, -0.2) is 32.3 Å². The first-order chi connectivity index (χ1) is 11.5. The van der Waals surface area contributed by atoms with Crippen LogP contribution in [0.15, 0.2) is 24.5 Å². The van der Waals surface area contributed by atoms with Crippen LogP contribution in [0.1, 0.15) is 42.5 Å². The SMILES string of the molecule is NC(=O)c1cnc2c(ccn2NC2[C@@H]3CC4C[C@H]2CC(O)(C4)C3)c1. The van der Waals surface area contributed by atoms with Crippen LogP contribution in [0, 0.1) is 17.8 Å². The molecule has 2 aromatic heterocycles. The predicted octanol–water partition coefficient (Wildman–Crippen LogP) is 1.62. The second-order valence-electron chi connectivity index (χ2n) is 8.04. The Labute approximate surface area is 140 Å². The first-order valence-corrected chi connectivity index (χ1v) is 8.77. The Bertz CT molecular complexity index is 814. The lowest BCUT2D eigenvalue weighted by molar-refractivity contribution is -0.131. The van der Waals surface area contributed by atoms with Gasteiger partial charge in [-0.1, -0.05) is 0 Å². The number of nitrogens with two attached hydrogens (primary N) is 1.